The fraction of sp³-hybridized carbons (Fsp3) is 0.438. The first-order valence-corrected chi connectivity index (χ1v) is 12.8. The normalized spacial score (nSPS) is 15.4. The second kappa shape index (κ2) is 9.44. The van der Waals surface area contributed by atoms with Crippen molar-refractivity contribution in [2.45, 2.75) is 22.6 Å². The summed E-state index contributed by atoms with van der Waals surface area (Å²) in [6.45, 7) is 2.60. The number of hydrogen-bond donors (Lipinski definition) is 2. The minimum Gasteiger partial charge on any atom is -0.495 e. The van der Waals surface area contributed by atoms with E-state index in [0.29, 0.717) is 11.3 Å². The molecule has 15 heteroatoms. The van der Waals surface area contributed by atoms with Gasteiger partial charge in [0.1, 0.15) is 5.75 Å². The van der Waals surface area contributed by atoms with E-state index >= 15 is 0 Å². The van der Waals surface area contributed by atoms with E-state index in [-0.39, 0.29) is 60.1 Å². The largest absolute Gasteiger partial charge is 0.495 e. The highest BCUT2D eigenvalue weighted by atomic mass is 32.2. The molecule has 2 N–H and O–H groups in total. The number of carbonyl (C=O) groups is 1. The Labute approximate surface area is 183 Å². The van der Waals surface area contributed by atoms with Crippen molar-refractivity contribution in [3.63, 3.8) is 0 Å². The summed E-state index contributed by atoms with van der Waals surface area (Å²) < 4.78 is 64.8. The molecule has 0 aliphatic carbocycles. The van der Waals surface area contributed by atoms with Crippen molar-refractivity contribution >= 4 is 48.1 Å². The lowest BCUT2D eigenvalue weighted by atomic mass is 10.3. The molecule has 0 unspecified atom stereocenters. The molecule has 3 rings (SSSR count). The molecule has 0 radical (unpaired) electrons. The zero-order valence-corrected chi connectivity index (χ0v) is 19.1. The quantitative estimate of drug-likeness (QED) is 0.508. The van der Waals surface area contributed by atoms with Crippen molar-refractivity contribution in [3.8, 4) is 5.75 Å². The number of morpholine rings is 1. The summed E-state index contributed by atoms with van der Waals surface area (Å²) in [6.07, 6.45) is 0.196. The van der Waals surface area contributed by atoms with Crippen LogP contribution < -0.4 is 14.8 Å². The van der Waals surface area contributed by atoms with Crippen LogP contribution in [0.4, 0.5) is 10.8 Å². The number of carbonyl (C=O) groups excluding carboxylic acids is 1. The standard InChI is InChI=1S/C16H21N5O7S3/c1-3-14(22)17-15-18-19-16(29-15)30(23,24)20-12-10-11(4-5-13(12)27-2)31(25,26)21-6-8-28-9-7-21/h4-5,10,20H,3,6-9H2,1-2H3,(H,17,18,22). The Hall–Kier alpha value is -2.33. The van der Waals surface area contributed by atoms with Crippen molar-refractivity contribution in [2.24, 2.45) is 0 Å². The number of nitrogens with zero attached hydrogens (tertiary/aromatic N) is 3. The van der Waals surface area contributed by atoms with Gasteiger partial charge in [-0.25, -0.2) is 8.42 Å². The van der Waals surface area contributed by atoms with Gasteiger partial charge < -0.3 is 14.8 Å². The van der Waals surface area contributed by atoms with Crippen LogP contribution in [0.2, 0.25) is 0 Å². The molecule has 1 aliphatic rings. The minimum atomic E-state index is -4.22. The van der Waals surface area contributed by atoms with E-state index in [1.54, 1.807) is 6.92 Å². The first-order valence-electron chi connectivity index (χ1n) is 9.09. The van der Waals surface area contributed by atoms with E-state index in [0.717, 1.165) is 0 Å². The second-order valence-corrected chi connectivity index (χ2v) is 11.0. The fourth-order valence-corrected chi connectivity index (χ4v) is 6.04. The highest BCUT2D eigenvalue weighted by Crippen LogP contribution is 2.32. The molecule has 1 amide bonds. The number of nitrogens with one attached hydrogen (secondary N) is 2. The monoisotopic (exact) mass is 491 g/mol. The highest BCUT2D eigenvalue weighted by Gasteiger charge is 2.28. The number of methoxy groups -OCH3 is 1. The van der Waals surface area contributed by atoms with Gasteiger partial charge in [-0.15, -0.1) is 10.2 Å². The van der Waals surface area contributed by atoms with Gasteiger partial charge in [0.2, 0.25) is 21.1 Å². The van der Waals surface area contributed by atoms with Gasteiger partial charge in [-0.2, -0.15) is 12.7 Å². The summed E-state index contributed by atoms with van der Waals surface area (Å²) in [5.41, 5.74) is -0.0776. The predicted molar refractivity (Wildman–Crippen MR) is 112 cm³/mol. The Bertz CT molecular complexity index is 1160. The van der Waals surface area contributed by atoms with Crippen LogP contribution in [0.3, 0.4) is 0 Å². The van der Waals surface area contributed by atoms with Gasteiger partial charge in [-0.05, 0) is 18.2 Å². The van der Waals surface area contributed by atoms with Crippen LogP contribution >= 0.6 is 11.3 Å². The molecule has 170 valence electrons. The third-order valence-corrected chi connectivity index (χ3v) is 8.69. The van der Waals surface area contributed by atoms with Crippen LogP contribution in [0.5, 0.6) is 5.75 Å². The lowest BCUT2D eigenvalue weighted by Crippen LogP contribution is -2.40. The molecule has 12 nitrogen and oxygen atoms in total. The number of ether oxygens (including phenoxy) is 2. The topological polar surface area (TPSA) is 157 Å². The first-order chi connectivity index (χ1) is 14.7. The van der Waals surface area contributed by atoms with Crippen LogP contribution in [0.1, 0.15) is 13.3 Å². The molecule has 2 aromatic rings. The Morgan fingerprint density at radius 3 is 2.58 bits per heavy atom. The molecule has 1 aromatic carbocycles. The lowest BCUT2D eigenvalue weighted by Gasteiger charge is -2.26. The molecule has 0 atom stereocenters. The molecule has 1 fully saturated rings. The predicted octanol–water partition coefficient (Wildman–Crippen LogP) is 0.717. The maximum atomic E-state index is 12.9. The number of amides is 1. The number of anilines is 2. The fourth-order valence-electron chi connectivity index (χ4n) is 2.63. The Morgan fingerprint density at radius 2 is 1.94 bits per heavy atom. The van der Waals surface area contributed by atoms with Crippen molar-refractivity contribution in [1.82, 2.24) is 14.5 Å². The number of sulfonamides is 2. The molecule has 0 spiro atoms. The number of rotatable bonds is 8. The summed E-state index contributed by atoms with van der Waals surface area (Å²) in [4.78, 5) is 11.4. The van der Waals surface area contributed by atoms with Crippen LogP contribution in [-0.4, -0.2) is 70.7 Å². The summed E-state index contributed by atoms with van der Waals surface area (Å²) in [6, 6.07) is 3.88. The maximum Gasteiger partial charge on any atom is 0.291 e. The van der Waals surface area contributed by atoms with Crippen LogP contribution in [0.15, 0.2) is 27.4 Å². The van der Waals surface area contributed by atoms with E-state index in [9.17, 15) is 21.6 Å². The van der Waals surface area contributed by atoms with Gasteiger partial charge in [0.05, 0.1) is 30.9 Å². The van der Waals surface area contributed by atoms with Crippen LogP contribution in [0.25, 0.3) is 0 Å². The molecular weight excluding hydrogens is 470 g/mol. The van der Waals surface area contributed by atoms with Crippen LogP contribution in [-0.2, 0) is 29.6 Å². The van der Waals surface area contributed by atoms with Crippen molar-refractivity contribution in [1.29, 1.82) is 0 Å². The SMILES string of the molecule is CCC(=O)Nc1nnc(S(=O)(=O)Nc2cc(S(=O)(=O)N3CCOCC3)ccc2OC)s1. The van der Waals surface area contributed by atoms with Gasteiger partial charge in [0.15, 0.2) is 0 Å². The molecule has 1 aliphatic heterocycles. The summed E-state index contributed by atoms with van der Waals surface area (Å²) in [5.74, 6) is -0.218. The van der Waals surface area contributed by atoms with Gasteiger partial charge in [0, 0.05) is 19.5 Å². The molecule has 1 aromatic heterocycles. The van der Waals surface area contributed by atoms with Gasteiger partial charge in [0.25, 0.3) is 14.4 Å². The Balaban J connectivity index is 1.89. The number of benzene rings is 1. The molecule has 1 saturated heterocycles. The molecular formula is C16H21N5O7S3. The third-order valence-electron chi connectivity index (χ3n) is 4.23. The second-order valence-electron chi connectivity index (χ2n) is 6.26. The van der Waals surface area contributed by atoms with Gasteiger partial charge in [-0.1, -0.05) is 18.3 Å². The van der Waals surface area contributed by atoms with Crippen molar-refractivity contribution in [3.05, 3.63) is 18.2 Å². The summed E-state index contributed by atoms with van der Waals surface area (Å²) >= 11 is 0.663. The molecule has 0 bridgehead atoms. The number of hydrogen-bond acceptors (Lipinski definition) is 10. The smallest absolute Gasteiger partial charge is 0.291 e. The summed E-state index contributed by atoms with van der Waals surface area (Å²) in [5, 5.41) is 9.70. The van der Waals surface area contributed by atoms with Crippen LogP contribution in [0, 0.1) is 0 Å². The van der Waals surface area contributed by atoms with E-state index in [4.69, 9.17) is 9.47 Å². The Kier molecular flexibility index (Phi) is 7.10. The maximum absolute atomic E-state index is 12.9. The van der Waals surface area contributed by atoms with E-state index < -0.39 is 24.4 Å². The summed E-state index contributed by atoms with van der Waals surface area (Å²) in [7, 11) is -6.75. The minimum absolute atomic E-state index is 0.0304. The van der Waals surface area contributed by atoms with Gasteiger partial charge in [-0.3, -0.25) is 9.52 Å². The zero-order valence-electron chi connectivity index (χ0n) is 16.7. The van der Waals surface area contributed by atoms with Crippen molar-refractivity contribution in [2.75, 3.05) is 43.5 Å². The van der Waals surface area contributed by atoms with E-state index in [1.807, 2.05) is 0 Å². The van der Waals surface area contributed by atoms with Crippen molar-refractivity contribution < 1.29 is 31.1 Å². The number of aromatic nitrogens is 2. The lowest BCUT2D eigenvalue weighted by molar-refractivity contribution is -0.115. The zero-order chi connectivity index (χ0) is 22.6. The molecule has 2 heterocycles. The molecule has 0 saturated carbocycles. The average molecular weight is 492 g/mol. The molecule has 31 heavy (non-hydrogen) atoms. The third kappa shape index (κ3) is 5.30. The van der Waals surface area contributed by atoms with E-state index in [2.05, 4.69) is 20.2 Å². The Morgan fingerprint density at radius 1 is 1.23 bits per heavy atom. The average Bonchev–Trinajstić information content (AvgIpc) is 3.23. The first kappa shape index (κ1) is 23.3. The highest BCUT2D eigenvalue weighted by molar-refractivity contribution is 7.94. The van der Waals surface area contributed by atoms with E-state index in [1.165, 1.54) is 29.6 Å². The van der Waals surface area contributed by atoms with Gasteiger partial charge >= 0.3 is 0 Å².